The Kier molecular flexibility index (Phi) is 3.30. The third kappa shape index (κ3) is 2.14. The molecule has 1 rings (SSSR count). The van der Waals surface area contributed by atoms with Crippen LogP contribution in [0.25, 0.3) is 0 Å². The molecule has 0 spiro atoms. The summed E-state index contributed by atoms with van der Waals surface area (Å²) in [7, 11) is 1.28. The van der Waals surface area contributed by atoms with Crippen molar-refractivity contribution in [1.82, 2.24) is 4.98 Å². The van der Waals surface area contributed by atoms with Gasteiger partial charge < -0.3 is 10.5 Å². The molecule has 74 valence electrons. The molecular weight excluding hydrogens is 184 g/mol. The molecule has 0 aliphatic heterocycles. The molecule has 0 unspecified atom stereocenters. The average Bonchev–Trinajstić information content (AvgIpc) is 2.27. The van der Waals surface area contributed by atoms with E-state index in [1.54, 1.807) is 0 Å². The zero-order chi connectivity index (χ0) is 10.6. The van der Waals surface area contributed by atoms with Gasteiger partial charge in [-0.2, -0.15) is 0 Å². The number of Topliss-reactive ketones (excluding diaryl/α,β-unsaturated/α-hetero) is 1. The van der Waals surface area contributed by atoms with Crippen LogP contribution in [0, 0.1) is 0 Å². The summed E-state index contributed by atoms with van der Waals surface area (Å²) < 4.78 is 4.47. The molecule has 0 saturated carbocycles. The van der Waals surface area contributed by atoms with E-state index in [0.29, 0.717) is 5.56 Å². The van der Waals surface area contributed by atoms with Gasteiger partial charge in [0.15, 0.2) is 5.78 Å². The van der Waals surface area contributed by atoms with Crippen LogP contribution >= 0.6 is 0 Å². The number of methoxy groups -OCH3 is 1. The maximum atomic E-state index is 11.1. The van der Waals surface area contributed by atoms with Crippen molar-refractivity contribution in [3.05, 3.63) is 29.6 Å². The molecule has 1 aromatic heterocycles. The molecule has 0 aliphatic carbocycles. The maximum absolute atomic E-state index is 11.1. The zero-order valence-corrected chi connectivity index (χ0v) is 7.69. The van der Waals surface area contributed by atoms with E-state index in [-0.39, 0.29) is 18.0 Å². The van der Waals surface area contributed by atoms with Gasteiger partial charge in [-0.15, -0.1) is 0 Å². The summed E-state index contributed by atoms with van der Waals surface area (Å²) in [5.41, 5.74) is 5.70. The molecule has 0 atom stereocenters. The molecule has 5 nitrogen and oxygen atoms in total. The number of ether oxygens (including phenoxy) is 1. The Morgan fingerprint density at radius 1 is 1.50 bits per heavy atom. The molecule has 5 heteroatoms. The van der Waals surface area contributed by atoms with E-state index >= 15 is 0 Å². The van der Waals surface area contributed by atoms with Crippen LogP contribution in [0.3, 0.4) is 0 Å². The summed E-state index contributed by atoms with van der Waals surface area (Å²) in [5, 5.41) is 0. The summed E-state index contributed by atoms with van der Waals surface area (Å²) in [6.45, 7) is -0.0927. The molecule has 0 bridgehead atoms. The highest BCUT2D eigenvalue weighted by Crippen LogP contribution is 2.02. The Hall–Kier alpha value is -1.75. The van der Waals surface area contributed by atoms with Crippen molar-refractivity contribution in [1.29, 1.82) is 0 Å². The first-order chi connectivity index (χ1) is 6.69. The number of pyridine rings is 1. The molecule has 14 heavy (non-hydrogen) atoms. The first-order valence-electron chi connectivity index (χ1n) is 3.96. The number of hydrogen-bond donors (Lipinski definition) is 1. The number of ketones is 1. The van der Waals surface area contributed by atoms with Gasteiger partial charge in [-0.1, -0.05) is 0 Å². The number of hydrogen-bond acceptors (Lipinski definition) is 5. The second kappa shape index (κ2) is 4.48. The summed E-state index contributed by atoms with van der Waals surface area (Å²) in [5.74, 6) is -0.745. The minimum Gasteiger partial charge on any atom is -0.465 e. The van der Waals surface area contributed by atoms with E-state index in [2.05, 4.69) is 9.72 Å². The van der Waals surface area contributed by atoms with Gasteiger partial charge in [0, 0.05) is 6.20 Å². The van der Waals surface area contributed by atoms with Crippen molar-refractivity contribution >= 4 is 11.8 Å². The van der Waals surface area contributed by atoms with Gasteiger partial charge in [0.2, 0.25) is 0 Å². The number of esters is 1. The number of nitrogens with zero attached hydrogens (tertiary/aromatic N) is 1. The van der Waals surface area contributed by atoms with Crippen LogP contribution in [0.15, 0.2) is 18.3 Å². The summed E-state index contributed by atoms with van der Waals surface area (Å²) >= 11 is 0. The molecule has 1 heterocycles. The van der Waals surface area contributed by atoms with Crippen molar-refractivity contribution in [2.45, 2.75) is 0 Å². The minimum absolute atomic E-state index is 0.0927. The van der Waals surface area contributed by atoms with Crippen molar-refractivity contribution in [3.63, 3.8) is 0 Å². The second-order valence-electron chi connectivity index (χ2n) is 2.55. The predicted octanol–water partition coefficient (Wildman–Crippen LogP) is 0.00960. The lowest BCUT2D eigenvalue weighted by Crippen LogP contribution is -2.15. The van der Waals surface area contributed by atoms with Gasteiger partial charge in [0.1, 0.15) is 5.69 Å². The van der Waals surface area contributed by atoms with Crippen LogP contribution < -0.4 is 5.73 Å². The van der Waals surface area contributed by atoms with Crippen LogP contribution in [0.5, 0.6) is 0 Å². The Labute approximate surface area is 80.9 Å². The zero-order valence-electron chi connectivity index (χ0n) is 7.69. The summed E-state index contributed by atoms with van der Waals surface area (Å²) in [4.78, 5) is 25.8. The van der Waals surface area contributed by atoms with Gasteiger partial charge in [0.05, 0.1) is 19.2 Å². The largest absolute Gasteiger partial charge is 0.465 e. The second-order valence-corrected chi connectivity index (χ2v) is 2.55. The van der Waals surface area contributed by atoms with E-state index in [1.165, 1.54) is 25.4 Å². The SMILES string of the molecule is COC(=O)c1ccc(C(=O)CN)nc1. The van der Waals surface area contributed by atoms with Crippen LogP contribution in [0.1, 0.15) is 20.8 Å². The van der Waals surface area contributed by atoms with Crippen LogP contribution in [-0.4, -0.2) is 30.4 Å². The fourth-order valence-electron chi connectivity index (χ4n) is 0.902. The number of aromatic nitrogens is 1. The van der Waals surface area contributed by atoms with E-state index in [4.69, 9.17) is 5.73 Å². The lowest BCUT2D eigenvalue weighted by Gasteiger charge is -1.99. The molecule has 1 aromatic rings. The van der Waals surface area contributed by atoms with Gasteiger partial charge in [-0.3, -0.25) is 9.78 Å². The van der Waals surface area contributed by atoms with Gasteiger partial charge in [0.25, 0.3) is 0 Å². The minimum atomic E-state index is -0.482. The Bertz CT molecular complexity index is 311. The fourth-order valence-corrected chi connectivity index (χ4v) is 0.902. The molecule has 0 fully saturated rings. The topological polar surface area (TPSA) is 82.3 Å². The number of nitrogens with two attached hydrogens (primary N) is 1. The van der Waals surface area contributed by atoms with Crippen molar-refractivity contribution in [3.8, 4) is 0 Å². The average molecular weight is 194 g/mol. The first kappa shape index (κ1) is 10.3. The summed E-state index contributed by atoms with van der Waals surface area (Å²) in [6, 6.07) is 2.92. The van der Waals surface area contributed by atoms with Crippen molar-refractivity contribution in [2.24, 2.45) is 5.73 Å². The van der Waals surface area contributed by atoms with Crippen LogP contribution in [-0.2, 0) is 4.74 Å². The highest BCUT2D eigenvalue weighted by atomic mass is 16.5. The smallest absolute Gasteiger partial charge is 0.339 e. The van der Waals surface area contributed by atoms with Crippen molar-refractivity contribution in [2.75, 3.05) is 13.7 Å². The van der Waals surface area contributed by atoms with Crippen molar-refractivity contribution < 1.29 is 14.3 Å². The third-order valence-electron chi connectivity index (χ3n) is 1.66. The fraction of sp³-hybridized carbons (Fsp3) is 0.222. The highest BCUT2D eigenvalue weighted by molar-refractivity contribution is 5.96. The Morgan fingerprint density at radius 3 is 2.64 bits per heavy atom. The third-order valence-corrected chi connectivity index (χ3v) is 1.66. The lowest BCUT2D eigenvalue weighted by atomic mass is 10.2. The Morgan fingerprint density at radius 2 is 2.21 bits per heavy atom. The predicted molar refractivity (Wildman–Crippen MR) is 49.0 cm³/mol. The standard InChI is InChI=1S/C9H10N2O3/c1-14-9(13)6-2-3-7(11-5-6)8(12)4-10/h2-3,5H,4,10H2,1H3. The molecular formula is C9H10N2O3. The van der Waals surface area contributed by atoms with E-state index < -0.39 is 5.97 Å². The van der Waals surface area contributed by atoms with Gasteiger partial charge in [-0.05, 0) is 12.1 Å². The molecule has 0 aliphatic rings. The number of rotatable bonds is 3. The van der Waals surface area contributed by atoms with E-state index in [0.717, 1.165) is 0 Å². The highest BCUT2D eigenvalue weighted by Gasteiger charge is 2.08. The molecule has 0 radical (unpaired) electrons. The quantitative estimate of drug-likeness (QED) is 0.541. The molecule has 0 amide bonds. The monoisotopic (exact) mass is 194 g/mol. The molecule has 0 aromatic carbocycles. The normalized spacial score (nSPS) is 9.57. The van der Waals surface area contributed by atoms with Crippen LogP contribution in [0.2, 0.25) is 0 Å². The Balaban J connectivity index is 2.89. The van der Waals surface area contributed by atoms with Gasteiger partial charge >= 0.3 is 5.97 Å². The number of carbonyl (C=O) groups excluding carboxylic acids is 2. The molecule has 0 saturated heterocycles. The first-order valence-corrected chi connectivity index (χ1v) is 3.96. The van der Waals surface area contributed by atoms with E-state index in [9.17, 15) is 9.59 Å². The van der Waals surface area contributed by atoms with E-state index in [1.807, 2.05) is 0 Å². The number of carbonyl (C=O) groups is 2. The van der Waals surface area contributed by atoms with Gasteiger partial charge in [-0.25, -0.2) is 4.79 Å². The maximum Gasteiger partial charge on any atom is 0.339 e. The van der Waals surface area contributed by atoms with Crippen LogP contribution in [0.4, 0.5) is 0 Å². The molecule has 2 N–H and O–H groups in total. The lowest BCUT2D eigenvalue weighted by molar-refractivity contribution is 0.0600. The summed E-state index contributed by atoms with van der Waals surface area (Å²) in [6.07, 6.45) is 1.29.